The van der Waals surface area contributed by atoms with Crippen molar-refractivity contribution < 1.29 is 14.3 Å². The predicted octanol–water partition coefficient (Wildman–Crippen LogP) is 1.69. The van der Waals surface area contributed by atoms with E-state index in [-0.39, 0.29) is 5.91 Å². The number of ether oxygens (including phenoxy) is 2. The van der Waals surface area contributed by atoms with E-state index in [0.717, 1.165) is 24.3 Å². The fraction of sp³-hybridized carbons (Fsp3) is 0.579. The van der Waals surface area contributed by atoms with Crippen LogP contribution in [0.25, 0.3) is 0 Å². The van der Waals surface area contributed by atoms with Crippen molar-refractivity contribution in [1.29, 1.82) is 0 Å². The van der Waals surface area contributed by atoms with Gasteiger partial charge in [-0.05, 0) is 37.1 Å². The zero-order chi connectivity index (χ0) is 18.6. The number of amides is 1. The lowest BCUT2D eigenvalue weighted by Gasteiger charge is -2.14. The Balaban J connectivity index is 1.56. The fourth-order valence-electron chi connectivity index (χ4n) is 2.90. The van der Waals surface area contributed by atoms with Crippen molar-refractivity contribution in [1.82, 2.24) is 16.0 Å². The van der Waals surface area contributed by atoms with Gasteiger partial charge in [0, 0.05) is 26.1 Å². The van der Waals surface area contributed by atoms with Gasteiger partial charge in [-0.2, -0.15) is 0 Å². The van der Waals surface area contributed by atoms with Gasteiger partial charge in [-0.15, -0.1) is 0 Å². The Morgan fingerprint density at radius 3 is 2.42 bits per heavy atom. The lowest BCUT2D eigenvalue weighted by atomic mass is 10.2. The second-order valence-electron chi connectivity index (χ2n) is 6.25. The first-order valence-corrected chi connectivity index (χ1v) is 9.22. The molecule has 1 aliphatic carbocycles. The van der Waals surface area contributed by atoms with Crippen LogP contribution in [0.3, 0.4) is 0 Å². The Morgan fingerprint density at radius 1 is 1.12 bits per heavy atom. The molecular weight excluding hydrogens is 332 g/mol. The van der Waals surface area contributed by atoms with Crippen molar-refractivity contribution in [3.05, 3.63) is 24.3 Å². The van der Waals surface area contributed by atoms with Crippen molar-refractivity contribution in [2.24, 2.45) is 4.99 Å². The quantitative estimate of drug-likeness (QED) is 0.354. The zero-order valence-corrected chi connectivity index (χ0v) is 15.7. The van der Waals surface area contributed by atoms with E-state index >= 15 is 0 Å². The third-order valence-corrected chi connectivity index (χ3v) is 4.31. The van der Waals surface area contributed by atoms with Crippen LogP contribution in [0.2, 0.25) is 0 Å². The summed E-state index contributed by atoms with van der Waals surface area (Å²) in [6.45, 7) is 1.67. The lowest BCUT2D eigenvalue weighted by Crippen LogP contribution is -2.41. The molecule has 0 saturated heterocycles. The van der Waals surface area contributed by atoms with Crippen LogP contribution >= 0.6 is 0 Å². The van der Waals surface area contributed by atoms with Gasteiger partial charge in [-0.25, -0.2) is 0 Å². The molecule has 1 fully saturated rings. The Bertz CT molecular complexity index is 569. The molecular formula is C19H30N4O3. The van der Waals surface area contributed by atoms with Crippen LogP contribution in [0.15, 0.2) is 29.3 Å². The normalized spacial score (nSPS) is 14.8. The van der Waals surface area contributed by atoms with Crippen LogP contribution in [0, 0.1) is 0 Å². The van der Waals surface area contributed by atoms with Crippen LogP contribution in [0.4, 0.5) is 0 Å². The molecule has 1 aliphatic rings. The Labute approximate surface area is 155 Å². The number of carbonyl (C=O) groups is 1. The highest BCUT2D eigenvalue weighted by Gasteiger charge is 2.16. The summed E-state index contributed by atoms with van der Waals surface area (Å²) in [4.78, 5) is 16.0. The van der Waals surface area contributed by atoms with E-state index in [2.05, 4.69) is 20.9 Å². The molecule has 1 amide bonds. The maximum atomic E-state index is 11.9. The highest BCUT2D eigenvalue weighted by atomic mass is 16.5. The molecule has 0 spiro atoms. The number of carbonyl (C=O) groups excluding carboxylic acids is 1. The van der Waals surface area contributed by atoms with Gasteiger partial charge in [0.1, 0.15) is 18.1 Å². The van der Waals surface area contributed by atoms with E-state index in [1.54, 1.807) is 14.2 Å². The van der Waals surface area contributed by atoms with Crippen molar-refractivity contribution in [3.63, 3.8) is 0 Å². The predicted molar refractivity (Wildman–Crippen MR) is 103 cm³/mol. The number of guanidine groups is 1. The van der Waals surface area contributed by atoms with E-state index in [9.17, 15) is 4.79 Å². The molecule has 0 heterocycles. The summed E-state index contributed by atoms with van der Waals surface area (Å²) in [5.74, 6) is 2.36. The van der Waals surface area contributed by atoms with E-state index < -0.39 is 0 Å². The number of nitrogens with one attached hydrogen (secondary N) is 3. The number of benzene rings is 1. The lowest BCUT2D eigenvalue weighted by molar-refractivity contribution is -0.121. The van der Waals surface area contributed by atoms with E-state index in [4.69, 9.17) is 9.47 Å². The smallest absolute Gasteiger partial charge is 0.221 e. The third-order valence-electron chi connectivity index (χ3n) is 4.31. The van der Waals surface area contributed by atoms with Gasteiger partial charge >= 0.3 is 0 Å². The van der Waals surface area contributed by atoms with E-state index in [1.165, 1.54) is 12.8 Å². The minimum atomic E-state index is 0.0997. The van der Waals surface area contributed by atoms with Gasteiger partial charge in [0.05, 0.1) is 13.7 Å². The molecule has 0 unspecified atom stereocenters. The highest BCUT2D eigenvalue weighted by Crippen LogP contribution is 2.17. The largest absolute Gasteiger partial charge is 0.497 e. The van der Waals surface area contributed by atoms with Gasteiger partial charge in [0.25, 0.3) is 0 Å². The topological polar surface area (TPSA) is 84.0 Å². The fourth-order valence-corrected chi connectivity index (χ4v) is 2.90. The first-order chi connectivity index (χ1) is 12.7. The van der Waals surface area contributed by atoms with Crippen molar-refractivity contribution >= 4 is 11.9 Å². The summed E-state index contributed by atoms with van der Waals surface area (Å²) >= 11 is 0. The summed E-state index contributed by atoms with van der Waals surface area (Å²) < 4.78 is 10.8. The molecule has 0 atom stereocenters. The Kier molecular flexibility index (Phi) is 8.59. The van der Waals surface area contributed by atoms with E-state index in [1.807, 2.05) is 24.3 Å². The zero-order valence-electron chi connectivity index (χ0n) is 15.7. The molecule has 2 rings (SSSR count). The first kappa shape index (κ1) is 19.9. The number of hydrogen-bond acceptors (Lipinski definition) is 4. The summed E-state index contributed by atoms with van der Waals surface area (Å²) in [7, 11) is 3.34. The third kappa shape index (κ3) is 7.21. The molecule has 3 N–H and O–H groups in total. The molecule has 0 aliphatic heterocycles. The summed E-state index contributed by atoms with van der Waals surface area (Å²) in [6.07, 6.45) is 5.10. The van der Waals surface area contributed by atoms with Crippen LogP contribution in [0.1, 0.15) is 32.1 Å². The molecule has 7 nitrogen and oxygen atoms in total. The van der Waals surface area contributed by atoms with Crippen LogP contribution in [-0.2, 0) is 4.79 Å². The molecule has 1 aromatic rings. The molecule has 0 aromatic heterocycles. The monoisotopic (exact) mass is 362 g/mol. The van der Waals surface area contributed by atoms with Crippen LogP contribution in [-0.4, -0.2) is 51.8 Å². The summed E-state index contributed by atoms with van der Waals surface area (Å²) in [5.41, 5.74) is 0. The minimum Gasteiger partial charge on any atom is -0.497 e. The number of nitrogens with zero attached hydrogens (tertiary/aromatic N) is 1. The van der Waals surface area contributed by atoms with Gasteiger partial charge in [0.2, 0.25) is 5.91 Å². The maximum Gasteiger partial charge on any atom is 0.221 e. The van der Waals surface area contributed by atoms with Crippen molar-refractivity contribution in [2.45, 2.75) is 38.1 Å². The van der Waals surface area contributed by atoms with Gasteiger partial charge in [0.15, 0.2) is 5.96 Å². The average Bonchev–Trinajstić information content (AvgIpc) is 3.17. The molecule has 26 heavy (non-hydrogen) atoms. The minimum absolute atomic E-state index is 0.0997. The Morgan fingerprint density at radius 2 is 1.77 bits per heavy atom. The number of aliphatic imine (C=N–C) groups is 1. The van der Waals surface area contributed by atoms with Crippen LogP contribution < -0.4 is 25.4 Å². The SMILES string of the molecule is CN=C(NCCOc1ccc(OC)cc1)NCCC(=O)NC1CCCC1. The summed E-state index contributed by atoms with van der Waals surface area (Å²) in [5, 5.41) is 9.39. The Hall–Kier alpha value is -2.44. The van der Waals surface area contributed by atoms with Gasteiger partial charge < -0.3 is 25.4 Å². The highest BCUT2D eigenvalue weighted by molar-refractivity contribution is 5.81. The standard InChI is InChI=1S/C19H30N4O3/c1-20-19(21-12-11-18(24)23-15-5-3-4-6-15)22-13-14-26-17-9-7-16(25-2)8-10-17/h7-10,15H,3-6,11-14H2,1-2H3,(H,23,24)(H2,20,21,22). The summed E-state index contributed by atoms with van der Waals surface area (Å²) in [6, 6.07) is 7.83. The second-order valence-corrected chi connectivity index (χ2v) is 6.25. The van der Waals surface area contributed by atoms with Gasteiger partial charge in [-0.3, -0.25) is 9.79 Å². The average molecular weight is 362 g/mol. The maximum absolute atomic E-state index is 11.9. The number of hydrogen-bond donors (Lipinski definition) is 3. The van der Waals surface area contributed by atoms with Gasteiger partial charge in [-0.1, -0.05) is 12.8 Å². The molecule has 0 radical (unpaired) electrons. The van der Waals surface area contributed by atoms with Crippen molar-refractivity contribution in [2.75, 3.05) is 33.9 Å². The second kappa shape index (κ2) is 11.2. The number of rotatable bonds is 9. The molecule has 7 heteroatoms. The number of methoxy groups -OCH3 is 1. The molecule has 1 saturated carbocycles. The van der Waals surface area contributed by atoms with Crippen LogP contribution in [0.5, 0.6) is 11.5 Å². The molecule has 0 bridgehead atoms. The van der Waals surface area contributed by atoms with E-state index in [0.29, 0.717) is 38.1 Å². The van der Waals surface area contributed by atoms with Crippen molar-refractivity contribution in [3.8, 4) is 11.5 Å². The molecule has 144 valence electrons. The molecule has 1 aromatic carbocycles. The first-order valence-electron chi connectivity index (χ1n) is 9.22.